The summed E-state index contributed by atoms with van der Waals surface area (Å²) in [5.74, 6) is 0.427. The smallest absolute Gasteiger partial charge is 0.270 e. The maximum absolute atomic E-state index is 13.5. The quantitative estimate of drug-likeness (QED) is 0.462. The SMILES string of the molecule is CS(=O)(=O)OCC12C3C4C5C4C1C2(COS(C)(=O)=O)C5n1c(=O)n(-c2ccccc2)c(=O)n13. The molecule has 0 saturated heterocycles. The van der Waals surface area contributed by atoms with E-state index in [0.717, 1.165) is 17.1 Å². The van der Waals surface area contributed by atoms with Gasteiger partial charge in [0.15, 0.2) is 0 Å². The van der Waals surface area contributed by atoms with Gasteiger partial charge >= 0.3 is 11.4 Å². The molecule has 8 rings (SSSR count). The first kappa shape index (κ1) is 20.2. The van der Waals surface area contributed by atoms with Gasteiger partial charge < -0.3 is 0 Å². The molecule has 6 unspecified atom stereocenters. The molecule has 33 heavy (non-hydrogen) atoms. The predicted octanol–water partition coefficient (Wildman–Crippen LogP) is -0.659. The van der Waals surface area contributed by atoms with Gasteiger partial charge in [-0.05, 0) is 35.8 Å². The summed E-state index contributed by atoms with van der Waals surface area (Å²) in [6.07, 6.45) is 1.93. The number of rotatable bonds is 7. The third-order valence-corrected chi connectivity index (χ3v) is 9.92. The molecule has 0 amide bonds. The van der Waals surface area contributed by atoms with E-state index < -0.39 is 54.5 Å². The Balaban J connectivity index is 1.44. The molecular weight excluding hydrogens is 474 g/mol. The maximum Gasteiger partial charge on any atom is 0.352 e. The Morgan fingerprint density at radius 1 is 0.788 bits per heavy atom. The topological polar surface area (TPSA) is 136 Å². The summed E-state index contributed by atoms with van der Waals surface area (Å²) in [6.45, 7) is -0.330. The van der Waals surface area contributed by atoms with E-state index in [2.05, 4.69) is 0 Å². The van der Waals surface area contributed by atoms with Gasteiger partial charge in [-0.15, -0.1) is 0 Å². The zero-order chi connectivity index (χ0) is 23.3. The Morgan fingerprint density at radius 2 is 1.24 bits per heavy atom. The Kier molecular flexibility index (Phi) is 3.38. The van der Waals surface area contributed by atoms with Crippen molar-refractivity contribution < 1.29 is 25.2 Å². The van der Waals surface area contributed by atoms with E-state index in [1.165, 1.54) is 9.36 Å². The van der Waals surface area contributed by atoms with Crippen LogP contribution in [0.4, 0.5) is 0 Å². The van der Waals surface area contributed by atoms with Gasteiger partial charge in [0, 0.05) is 10.8 Å². The van der Waals surface area contributed by atoms with E-state index in [1.54, 1.807) is 30.3 Å². The molecule has 6 atom stereocenters. The van der Waals surface area contributed by atoms with Crippen molar-refractivity contribution in [1.29, 1.82) is 0 Å². The molecule has 4 fully saturated rings. The molecule has 3 heterocycles. The molecule has 6 aliphatic rings. The van der Waals surface area contributed by atoms with Gasteiger partial charge in [0.25, 0.3) is 20.2 Å². The van der Waals surface area contributed by atoms with Crippen LogP contribution in [0, 0.1) is 34.5 Å². The predicted molar refractivity (Wildman–Crippen MR) is 113 cm³/mol. The number of hydrogen-bond acceptors (Lipinski definition) is 8. The summed E-state index contributed by atoms with van der Waals surface area (Å²) in [6, 6.07) is 7.71. The summed E-state index contributed by atoms with van der Waals surface area (Å²) in [7, 11) is -7.54. The van der Waals surface area contributed by atoms with E-state index in [0.29, 0.717) is 5.69 Å². The Labute approximate surface area is 188 Å². The Hall–Kier alpha value is -2.22. The van der Waals surface area contributed by atoms with Crippen LogP contribution in [0.1, 0.15) is 12.1 Å². The number of hydrogen-bond donors (Lipinski definition) is 0. The Morgan fingerprint density at radius 3 is 1.67 bits per heavy atom. The van der Waals surface area contributed by atoms with Gasteiger partial charge in [-0.25, -0.2) is 23.5 Å². The van der Waals surface area contributed by atoms with Gasteiger partial charge in [0.2, 0.25) is 0 Å². The van der Waals surface area contributed by atoms with E-state index >= 15 is 0 Å². The summed E-state index contributed by atoms with van der Waals surface area (Å²) in [4.78, 5) is 27.1. The van der Waals surface area contributed by atoms with E-state index in [1.807, 2.05) is 0 Å². The lowest BCUT2D eigenvalue weighted by molar-refractivity contribution is -0.0383. The molecular formula is C20H21N3O8S2. The summed E-state index contributed by atoms with van der Waals surface area (Å²) < 4.78 is 62.1. The number of nitrogens with zero attached hydrogens (tertiary/aromatic N) is 3. The van der Waals surface area contributed by atoms with Crippen LogP contribution in [0.3, 0.4) is 0 Å². The summed E-state index contributed by atoms with van der Waals surface area (Å²) in [5.41, 5.74) is -2.05. The molecule has 4 aliphatic carbocycles. The van der Waals surface area contributed by atoms with Gasteiger partial charge in [-0.3, -0.25) is 8.37 Å². The van der Waals surface area contributed by atoms with Gasteiger partial charge in [-0.2, -0.15) is 16.8 Å². The van der Waals surface area contributed by atoms with E-state index in [9.17, 15) is 26.4 Å². The first-order valence-corrected chi connectivity index (χ1v) is 14.3. The maximum atomic E-state index is 13.5. The van der Waals surface area contributed by atoms with Crippen molar-refractivity contribution in [1.82, 2.24) is 13.9 Å². The second kappa shape index (κ2) is 5.53. The number of benzene rings is 1. The van der Waals surface area contributed by atoms with Crippen LogP contribution in [0.5, 0.6) is 0 Å². The summed E-state index contributed by atoms with van der Waals surface area (Å²) in [5, 5.41) is 0. The Bertz CT molecular complexity index is 1480. The molecule has 4 saturated carbocycles. The molecule has 176 valence electrons. The number of para-hydroxylation sites is 1. The molecule has 0 N–H and O–H groups in total. The molecule has 1 aromatic heterocycles. The third-order valence-electron chi connectivity index (χ3n) is 8.83. The van der Waals surface area contributed by atoms with Crippen molar-refractivity contribution >= 4 is 20.2 Å². The second-order valence-electron chi connectivity index (χ2n) is 10.0. The van der Waals surface area contributed by atoms with Crippen molar-refractivity contribution in [3.63, 3.8) is 0 Å². The third kappa shape index (κ3) is 2.09. The minimum absolute atomic E-state index is 0.0603. The van der Waals surface area contributed by atoms with Crippen molar-refractivity contribution in [2.24, 2.45) is 34.5 Å². The minimum Gasteiger partial charge on any atom is -0.270 e. The standard InChI is InChI=1S/C20H21N3O8S2/c1-32(26,27)30-8-19-14-11-12-13(11)16(20(14,19)9-31-33(2,28)29)23-18(25)21(10-6-4-3-5-7-10)17(24)22(23)15(12)19/h3-7,11-16H,8-9H2,1-2H3. The fourth-order valence-corrected chi connectivity index (χ4v) is 9.03. The average Bonchev–Trinajstić information content (AvgIpc) is 3.48. The van der Waals surface area contributed by atoms with Crippen molar-refractivity contribution in [3.8, 4) is 5.69 Å². The molecule has 11 nitrogen and oxygen atoms in total. The molecule has 1 aromatic carbocycles. The molecule has 13 heteroatoms. The largest absolute Gasteiger partial charge is 0.352 e. The summed E-state index contributed by atoms with van der Waals surface area (Å²) >= 11 is 0. The zero-order valence-corrected chi connectivity index (χ0v) is 19.3. The highest BCUT2D eigenvalue weighted by atomic mass is 32.2. The minimum atomic E-state index is -3.77. The van der Waals surface area contributed by atoms with Crippen LogP contribution in [-0.2, 0) is 28.6 Å². The van der Waals surface area contributed by atoms with Gasteiger partial charge in [-0.1, -0.05) is 18.2 Å². The fraction of sp³-hybridized carbons (Fsp3) is 0.600. The normalized spacial score (nSPS) is 40.7. The second-order valence-corrected chi connectivity index (χ2v) is 13.3. The zero-order valence-electron chi connectivity index (χ0n) is 17.7. The van der Waals surface area contributed by atoms with Crippen molar-refractivity contribution in [2.45, 2.75) is 12.1 Å². The highest BCUT2D eigenvalue weighted by molar-refractivity contribution is 7.86. The van der Waals surface area contributed by atoms with E-state index in [-0.39, 0.29) is 36.9 Å². The highest BCUT2D eigenvalue weighted by Crippen LogP contribution is 3.02. The highest BCUT2D eigenvalue weighted by Gasteiger charge is 3.03. The van der Waals surface area contributed by atoms with Crippen LogP contribution in [-0.4, -0.2) is 56.5 Å². The average molecular weight is 496 g/mol. The van der Waals surface area contributed by atoms with Crippen molar-refractivity contribution in [3.05, 3.63) is 51.3 Å². The lowest BCUT2D eigenvalue weighted by atomic mass is 9.72. The van der Waals surface area contributed by atoms with Crippen LogP contribution in [0.15, 0.2) is 39.9 Å². The van der Waals surface area contributed by atoms with Gasteiger partial charge in [0.1, 0.15) is 0 Å². The molecule has 2 aromatic rings. The first-order chi connectivity index (χ1) is 15.5. The molecule has 2 aliphatic heterocycles. The lowest BCUT2D eigenvalue weighted by Crippen LogP contribution is -2.55. The van der Waals surface area contributed by atoms with E-state index in [4.69, 9.17) is 8.37 Å². The first-order valence-electron chi connectivity index (χ1n) is 10.7. The lowest BCUT2D eigenvalue weighted by Gasteiger charge is -2.47. The fourth-order valence-electron chi connectivity index (χ4n) is 8.21. The monoisotopic (exact) mass is 495 g/mol. The molecule has 0 spiro atoms. The molecule has 0 radical (unpaired) electrons. The van der Waals surface area contributed by atoms with Crippen LogP contribution in [0.2, 0.25) is 0 Å². The molecule has 2 bridgehead atoms. The number of aromatic nitrogens is 3. The van der Waals surface area contributed by atoms with Crippen LogP contribution in [0.25, 0.3) is 5.69 Å². The van der Waals surface area contributed by atoms with Gasteiger partial charge in [0.05, 0.1) is 43.5 Å². The van der Waals surface area contributed by atoms with Crippen molar-refractivity contribution in [2.75, 3.05) is 25.7 Å². The van der Waals surface area contributed by atoms with Crippen LogP contribution < -0.4 is 11.4 Å². The van der Waals surface area contributed by atoms with Crippen LogP contribution >= 0.6 is 0 Å².